The first-order valence-electron chi connectivity index (χ1n) is 9.83. The summed E-state index contributed by atoms with van der Waals surface area (Å²) in [6, 6.07) is 6.15. The van der Waals surface area contributed by atoms with Crippen molar-refractivity contribution < 1.29 is 4.79 Å². The summed E-state index contributed by atoms with van der Waals surface area (Å²) in [5.74, 6) is 1.64. The maximum atomic E-state index is 12.9. The van der Waals surface area contributed by atoms with Crippen LogP contribution in [-0.4, -0.2) is 58.0 Å². The molecule has 7 nitrogen and oxygen atoms in total. The highest BCUT2D eigenvalue weighted by Gasteiger charge is 2.22. The van der Waals surface area contributed by atoms with Gasteiger partial charge in [0.1, 0.15) is 5.82 Å². The SMILES string of the molecule is O=C(c1ccc(NC2CCCC2)nc1)N1CCCN(c2ncccn2)CC1. The Hall–Kier alpha value is -2.70. The molecule has 2 aromatic heterocycles. The first-order valence-corrected chi connectivity index (χ1v) is 9.83. The number of rotatable bonds is 4. The minimum Gasteiger partial charge on any atom is -0.367 e. The van der Waals surface area contributed by atoms with Crippen LogP contribution in [0.3, 0.4) is 0 Å². The zero-order valence-electron chi connectivity index (χ0n) is 15.5. The molecular weight excluding hydrogens is 340 g/mol. The van der Waals surface area contributed by atoms with Gasteiger partial charge in [-0.3, -0.25) is 4.79 Å². The van der Waals surface area contributed by atoms with Crippen molar-refractivity contribution >= 4 is 17.7 Å². The molecule has 1 N–H and O–H groups in total. The number of aromatic nitrogens is 3. The number of amides is 1. The van der Waals surface area contributed by atoms with Gasteiger partial charge < -0.3 is 15.1 Å². The Balaban J connectivity index is 1.36. The lowest BCUT2D eigenvalue weighted by molar-refractivity contribution is 0.0766. The number of carbonyl (C=O) groups excluding carboxylic acids is 1. The van der Waals surface area contributed by atoms with Gasteiger partial charge in [0.2, 0.25) is 5.95 Å². The summed E-state index contributed by atoms with van der Waals surface area (Å²) >= 11 is 0. The quantitative estimate of drug-likeness (QED) is 0.896. The smallest absolute Gasteiger partial charge is 0.255 e. The van der Waals surface area contributed by atoms with E-state index in [1.165, 1.54) is 25.7 Å². The fourth-order valence-electron chi connectivity index (χ4n) is 3.84. The highest BCUT2D eigenvalue weighted by Crippen LogP contribution is 2.21. The topological polar surface area (TPSA) is 74.2 Å². The van der Waals surface area contributed by atoms with Gasteiger partial charge in [-0.25, -0.2) is 15.0 Å². The van der Waals surface area contributed by atoms with E-state index < -0.39 is 0 Å². The van der Waals surface area contributed by atoms with E-state index in [1.807, 2.05) is 23.1 Å². The third-order valence-corrected chi connectivity index (χ3v) is 5.34. The van der Waals surface area contributed by atoms with Crippen molar-refractivity contribution in [2.75, 3.05) is 36.4 Å². The second-order valence-electron chi connectivity index (χ2n) is 7.24. The number of hydrogen-bond acceptors (Lipinski definition) is 6. The number of anilines is 2. The molecule has 1 aliphatic carbocycles. The average Bonchev–Trinajstić information content (AvgIpc) is 3.10. The zero-order chi connectivity index (χ0) is 18.5. The van der Waals surface area contributed by atoms with Gasteiger partial charge in [0.05, 0.1) is 5.56 Å². The molecule has 2 aromatic rings. The van der Waals surface area contributed by atoms with Crippen LogP contribution in [0.1, 0.15) is 42.5 Å². The van der Waals surface area contributed by atoms with Crippen molar-refractivity contribution in [2.45, 2.75) is 38.1 Å². The molecule has 1 amide bonds. The zero-order valence-corrected chi connectivity index (χ0v) is 15.5. The Morgan fingerprint density at radius 2 is 1.78 bits per heavy atom. The number of carbonyl (C=O) groups is 1. The monoisotopic (exact) mass is 366 g/mol. The van der Waals surface area contributed by atoms with Crippen LogP contribution in [0.25, 0.3) is 0 Å². The highest BCUT2D eigenvalue weighted by atomic mass is 16.2. The molecule has 142 valence electrons. The van der Waals surface area contributed by atoms with Crippen molar-refractivity contribution in [1.82, 2.24) is 19.9 Å². The van der Waals surface area contributed by atoms with Crippen molar-refractivity contribution in [1.29, 1.82) is 0 Å². The standard InChI is InChI=1S/C20H26N6O/c27-19(16-7-8-18(23-15-16)24-17-5-1-2-6-17)25-11-4-12-26(14-13-25)20-21-9-3-10-22-20/h3,7-10,15,17H,1-2,4-6,11-14H2,(H,23,24). The van der Waals surface area contributed by atoms with Crippen LogP contribution in [0.2, 0.25) is 0 Å². The normalized spacial score (nSPS) is 18.4. The lowest BCUT2D eigenvalue weighted by Gasteiger charge is -2.22. The second kappa shape index (κ2) is 8.33. The summed E-state index contributed by atoms with van der Waals surface area (Å²) in [6.07, 6.45) is 11.1. The summed E-state index contributed by atoms with van der Waals surface area (Å²) < 4.78 is 0. The van der Waals surface area contributed by atoms with Gasteiger partial charge in [-0.05, 0) is 37.5 Å². The van der Waals surface area contributed by atoms with Crippen molar-refractivity contribution in [2.24, 2.45) is 0 Å². The predicted molar refractivity (Wildman–Crippen MR) is 105 cm³/mol. The molecule has 4 rings (SSSR count). The van der Waals surface area contributed by atoms with Crippen LogP contribution >= 0.6 is 0 Å². The first kappa shape index (κ1) is 17.7. The van der Waals surface area contributed by atoms with E-state index in [2.05, 4.69) is 25.2 Å². The van der Waals surface area contributed by atoms with Gasteiger partial charge in [0.25, 0.3) is 5.91 Å². The van der Waals surface area contributed by atoms with E-state index in [-0.39, 0.29) is 5.91 Å². The van der Waals surface area contributed by atoms with E-state index >= 15 is 0 Å². The highest BCUT2D eigenvalue weighted by molar-refractivity contribution is 5.94. The molecule has 1 saturated carbocycles. The van der Waals surface area contributed by atoms with Gasteiger partial charge in [-0.2, -0.15) is 0 Å². The van der Waals surface area contributed by atoms with Crippen molar-refractivity contribution in [3.8, 4) is 0 Å². The molecule has 0 aromatic carbocycles. The molecule has 0 spiro atoms. The third kappa shape index (κ3) is 4.35. The van der Waals surface area contributed by atoms with Crippen molar-refractivity contribution in [3.05, 3.63) is 42.4 Å². The van der Waals surface area contributed by atoms with Gasteiger partial charge >= 0.3 is 0 Å². The summed E-state index contributed by atoms with van der Waals surface area (Å²) in [5.41, 5.74) is 0.649. The molecule has 0 unspecified atom stereocenters. The third-order valence-electron chi connectivity index (χ3n) is 5.34. The van der Waals surface area contributed by atoms with Crippen molar-refractivity contribution in [3.63, 3.8) is 0 Å². The number of hydrogen-bond donors (Lipinski definition) is 1. The Morgan fingerprint density at radius 1 is 0.963 bits per heavy atom. The van der Waals surface area contributed by atoms with Gasteiger partial charge in [0, 0.05) is 50.8 Å². The maximum absolute atomic E-state index is 12.9. The number of nitrogens with one attached hydrogen (secondary N) is 1. The fraction of sp³-hybridized carbons (Fsp3) is 0.500. The van der Waals surface area contributed by atoms with Crippen LogP contribution in [-0.2, 0) is 0 Å². The Kier molecular flexibility index (Phi) is 5.46. The molecule has 2 fully saturated rings. The largest absolute Gasteiger partial charge is 0.367 e. The molecule has 1 aliphatic heterocycles. The van der Waals surface area contributed by atoms with Crippen LogP contribution in [0.5, 0.6) is 0 Å². The predicted octanol–water partition coefficient (Wildman–Crippen LogP) is 2.58. The lowest BCUT2D eigenvalue weighted by atomic mass is 10.2. The number of pyridine rings is 1. The molecule has 27 heavy (non-hydrogen) atoms. The van der Waals surface area contributed by atoms with Crippen LogP contribution in [0.4, 0.5) is 11.8 Å². The lowest BCUT2D eigenvalue weighted by Crippen LogP contribution is -2.35. The molecule has 3 heterocycles. The van der Waals surface area contributed by atoms with Crippen LogP contribution < -0.4 is 10.2 Å². The second-order valence-corrected chi connectivity index (χ2v) is 7.24. The summed E-state index contributed by atoms with van der Waals surface area (Å²) in [5, 5.41) is 3.46. The Labute approximate surface area is 159 Å². The van der Waals surface area contributed by atoms with Crippen LogP contribution in [0, 0.1) is 0 Å². The Morgan fingerprint density at radius 3 is 2.52 bits per heavy atom. The van der Waals surface area contributed by atoms with E-state index in [9.17, 15) is 4.79 Å². The molecule has 0 radical (unpaired) electrons. The summed E-state index contributed by atoms with van der Waals surface area (Å²) in [7, 11) is 0. The van der Waals surface area contributed by atoms with E-state index in [0.717, 1.165) is 37.8 Å². The minimum absolute atomic E-state index is 0.0470. The van der Waals surface area contributed by atoms with Gasteiger partial charge in [-0.1, -0.05) is 12.8 Å². The van der Waals surface area contributed by atoms with E-state index in [1.54, 1.807) is 18.6 Å². The summed E-state index contributed by atoms with van der Waals surface area (Å²) in [4.78, 5) is 30.0. The summed E-state index contributed by atoms with van der Waals surface area (Å²) in [6.45, 7) is 3.00. The van der Waals surface area contributed by atoms with E-state index in [0.29, 0.717) is 18.2 Å². The molecule has 1 saturated heterocycles. The minimum atomic E-state index is 0.0470. The van der Waals surface area contributed by atoms with Gasteiger partial charge in [0.15, 0.2) is 0 Å². The molecule has 0 bridgehead atoms. The van der Waals surface area contributed by atoms with Gasteiger partial charge in [-0.15, -0.1) is 0 Å². The van der Waals surface area contributed by atoms with Crippen LogP contribution in [0.15, 0.2) is 36.8 Å². The maximum Gasteiger partial charge on any atom is 0.255 e. The average molecular weight is 366 g/mol. The molecule has 0 atom stereocenters. The molecule has 2 aliphatic rings. The fourth-order valence-corrected chi connectivity index (χ4v) is 3.84. The first-order chi connectivity index (χ1) is 13.3. The number of nitrogens with zero attached hydrogens (tertiary/aromatic N) is 5. The molecular formula is C20H26N6O. The Bertz CT molecular complexity index is 745. The molecule has 7 heteroatoms. The van der Waals surface area contributed by atoms with E-state index in [4.69, 9.17) is 0 Å².